The monoisotopic (exact) mass is 523 g/mol. The van der Waals surface area contributed by atoms with Crippen LogP contribution in [-0.4, -0.2) is 40.5 Å². The number of nitrogens with zero attached hydrogens (tertiary/aromatic N) is 1. The number of alkyl carbamates (subject to hydrolysis) is 1. The normalized spacial score (nSPS) is 13.8. The number of aryl methyl sites for hydroxylation is 2. The third-order valence-corrected chi connectivity index (χ3v) is 6.58. The first-order valence-corrected chi connectivity index (χ1v) is 13.5. The topological polar surface area (TPSA) is 87.7 Å². The predicted molar refractivity (Wildman–Crippen MR) is 152 cm³/mol. The van der Waals surface area contributed by atoms with Crippen LogP contribution in [0.4, 0.5) is 4.79 Å². The zero-order valence-electron chi connectivity index (χ0n) is 24.4. The standard InChI is InChI=1S/C31H45N3O4/c1-10-23(6)34(29(36)26(20(2)3)33-30(37)38-31(7,8)9)27(25-21(4)15-14-16-22(25)5)28(35)32-19-24-17-12-11-13-18-24/h11-18,20,23,26-27H,10,19H2,1-9H3,(H,32,35)(H,33,37). The quantitative estimate of drug-likeness (QED) is 0.410. The van der Waals surface area contributed by atoms with E-state index in [1.54, 1.807) is 25.7 Å². The lowest BCUT2D eigenvalue weighted by Gasteiger charge is -2.40. The van der Waals surface area contributed by atoms with Crippen molar-refractivity contribution in [3.05, 3.63) is 70.8 Å². The first-order valence-electron chi connectivity index (χ1n) is 13.5. The summed E-state index contributed by atoms with van der Waals surface area (Å²) in [5.41, 5.74) is 2.91. The Morgan fingerprint density at radius 3 is 2.00 bits per heavy atom. The molecule has 3 atom stereocenters. The Balaban J connectivity index is 2.55. The second-order valence-corrected chi connectivity index (χ2v) is 11.3. The summed E-state index contributed by atoms with van der Waals surface area (Å²) in [7, 11) is 0. The highest BCUT2D eigenvalue weighted by Crippen LogP contribution is 2.31. The number of carbonyl (C=O) groups is 3. The number of hydrogen-bond acceptors (Lipinski definition) is 4. The van der Waals surface area contributed by atoms with Gasteiger partial charge in [0.05, 0.1) is 0 Å². The molecule has 0 bridgehead atoms. The highest BCUT2D eigenvalue weighted by molar-refractivity contribution is 5.93. The van der Waals surface area contributed by atoms with E-state index in [1.807, 2.05) is 90.1 Å². The largest absolute Gasteiger partial charge is 0.444 e. The van der Waals surface area contributed by atoms with E-state index in [9.17, 15) is 14.4 Å². The van der Waals surface area contributed by atoms with Crippen LogP contribution in [0, 0.1) is 19.8 Å². The number of amides is 3. The van der Waals surface area contributed by atoms with E-state index < -0.39 is 23.8 Å². The van der Waals surface area contributed by atoms with Gasteiger partial charge in [-0.25, -0.2) is 4.79 Å². The Bertz CT molecular complexity index is 1070. The maximum absolute atomic E-state index is 14.3. The van der Waals surface area contributed by atoms with Gasteiger partial charge in [0.15, 0.2) is 0 Å². The maximum Gasteiger partial charge on any atom is 0.408 e. The molecule has 0 aliphatic carbocycles. The van der Waals surface area contributed by atoms with Crippen LogP contribution in [0.5, 0.6) is 0 Å². The number of ether oxygens (including phenoxy) is 1. The van der Waals surface area contributed by atoms with E-state index in [0.29, 0.717) is 13.0 Å². The second-order valence-electron chi connectivity index (χ2n) is 11.3. The van der Waals surface area contributed by atoms with Crippen molar-refractivity contribution in [3.63, 3.8) is 0 Å². The number of carbonyl (C=O) groups excluding carboxylic acids is 3. The highest BCUT2D eigenvalue weighted by atomic mass is 16.6. The van der Waals surface area contributed by atoms with E-state index in [-0.39, 0.29) is 23.8 Å². The van der Waals surface area contributed by atoms with Crippen LogP contribution in [0.25, 0.3) is 0 Å². The molecule has 0 aromatic heterocycles. The van der Waals surface area contributed by atoms with Crippen molar-refractivity contribution in [3.8, 4) is 0 Å². The van der Waals surface area contributed by atoms with Gasteiger partial charge in [0.2, 0.25) is 11.8 Å². The molecule has 0 radical (unpaired) electrons. The summed E-state index contributed by atoms with van der Waals surface area (Å²) in [4.78, 5) is 42.6. The van der Waals surface area contributed by atoms with Crippen molar-refractivity contribution in [2.75, 3.05) is 0 Å². The molecular formula is C31H45N3O4. The average molecular weight is 524 g/mol. The van der Waals surface area contributed by atoms with Crippen LogP contribution in [0.15, 0.2) is 48.5 Å². The molecule has 2 aromatic rings. The zero-order chi connectivity index (χ0) is 28.6. The molecule has 0 aliphatic rings. The van der Waals surface area contributed by atoms with Crippen molar-refractivity contribution in [2.24, 2.45) is 5.92 Å². The first-order chi connectivity index (χ1) is 17.8. The van der Waals surface area contributed by atoms with Crippen molar-refractivity contribution in [1.29, 1.82) is 0 Å². The van der Waals surface area contributed by atoms with Crippen LogP contribution in [-0.2, 0) is 20.9 Å². The van der Waals surface area contributed by atoms with Crippen LogP contribution < -0.4 is 10.6 Å². The van der Waals surface area contributed by atoms with Crippen LogP contribution in [0.1, 0.15) is 83.2 Å². The fourth-order valence-electron chi connectivity index (χ4n) is 4.44. The third-order valence-electron chi connectivity index (χ3n) is 6.58. The van der Waals surface area contributed by atoms with E-state index in [0.717, 1.165) is 22.3 Å². The summed E-state index contributed by atoms with van der Waals surface area (Å²) in [5.74, 6) is -0.810. The van der Waals surface area contributed by atoms with Crippen LogP contribution in [0.3, 0.4) is 0 Å². The maximum atomic E-state index is 14.3. The molecular weight excluding hydrogens is 478 g/mol. The Kier molecular flexibility index (Phi) is 10.9. The van der Waals surface area contributed by atoms with Crippen molar-refractivity contribution >= 4 is 17.9 Å². The fraction of sp³-hybridized carbons (Fsp3) is 0.516. The highest BCUT2D eigenvalue weighted by Gasteiger charge is 2.40. The molecule has 38 heavy (non-hydrogen) atoms. The predicted octanol–water partition coefficient (Wildman–Crippen LogP) is 5.84. The van der Waals surface area contributed by atoms with Gasteiger partial charge in [0, 0.05) is 12.6 Å². The van der Waals surface area contributed by atoms with E-state index in [1.165, 1.54) is 0 Å². The summed E-state index contributed by atoms with van der Waals surface area (Å²) >= 11 is 0. The lowest BCUT2D eigenvalue weighted by Crippen LogP contribution is -2.57. The number of nitrogens with one attached hydrogen (secondary N) is 2. The second kappa shape index (κ2) is 13.4. The molecule has 0 spiro atoms. The molecule has 2 rings (SSSR count). The van der Waals surface area contributed by atoms with Gasteiger partial charge in [-0.15, -0.1) is 0 Å². The van der Waals surface area contributed by atoms with E-state index >= 15 is 0 Å². The zero-order valence-corrected chi connectivity index (χ0v) is 24.4. The first kappa shape index (κ1) is 30.9. The van der Waals surface area contributed by atoms with Gasteiger partial charge >= 0.3 is 6.09 Å². The smallest absolute Gasteiger partial charge is 0.408 e. The minimum atomic E-state index is -0.871. The fourth-order valence-corrected chi connectivity index (χ4v) is 4.44. The molecule has 0 fully saturated rings. The van der Waals surface area contributed by atoms with Gasteiger partial charge in [-0.2, -0.15) is 0 Å². The van der Waals surface area contributed by atoms with Crippen LogP contribution >= 0.6 is 0 Å². The van der Waals surface area contributed by atoms with E-state index in [2.05, 4.69) is 10.6 Å². The minimum Gasteiger partial charge on any atom is -0.444 e. The van der Waals surface area contributed by atoms with Gasteiger partial charge in [0.1, 0.15) is 17.7 Å². The van der Waals surface area contributed by atoms with Crippen molar-refractivity contribution < 1.29 is 19.1 Å². The molecule has 2 aromatic carbocycles. The van der Waals surface area contributed by atoms with Gasteiger partial charge in [0.25, 0.3) is 0 Å². The molecule has 7 nitrogen and oxygen atoms in total. The number of hydrogen-bond donors (Lipinski definition) is 2. The molecule has 3 unspecified atom stereocenters. The lowest BCUT2D eigenvalue weighted by molar-refractivity contribution is -0.146. The molecule has 0 aliphatic heterocycles. The molecule has 2 N–H and O–H groups in total. The van der Waals surface area contributed by atoms with Crippen LogP contribution in [0.2, 0.25) is 0 Å². The molecule has 7 heteroatoms. The van der Waals surface area contributed by atoms with Crippen molar-refractivity contribution in [1.82, 2.24) is 15.5 Å². The summed E-state index contributed by atoms with van der Waals surface area (Å²) < 4.78 is 5.45. The SMILES string of the molecule is CCC(C)N(C(=O)C(NC(=O)OC(C)(C)C)C(C)C)C(C(=O)NCc1ccccc1)c1c(C)cccc1C. The van der Waals surface area contributed by atoms with Gasteiger partial charge in [-0.05, 0) is 76.1 Å². The summed E-state index contributed by atoms with van der Waals surface area (Å²) in [6.45, 7) is 17.3. The van der Waals surface area contributed by atoms with Gasteiger partial charge < -0.3 is 20.3 Å². The lowest BCUT2D eigenvalue weighted by atomic mass is 9.91. The molecule has 3 amide bonds. The Morgan fingerprint density at radius 1 is 0.921 bits per heavy atom. The summed E-state index contributed by atoms with van der Waals surface area (Å²) in [5, 5.41) is 5.84. The van der Waals surface area contributed by atoms with Gasteiger partial charge in [-0.1, -0.05) is 69.3 Å². The molecule has 208 valence electrons. The van der Waals surface area contributed by atoms with Gasteiger partial charge in [-0.3, -0.25) is 9.59 Å². The molecule has 0 saturated heterocycles. The third kappa shape index (κ3) is 8.33. The molecule has 0 saturated carbocycles. The summed E-state index contributed by atoms with van der Waals surface area (Å²) in [6, 6.07) is 13.5. The molecule has 0 heterocycles. The number of rotatable bonds is 10. The van der Waals surface area contributed by atoms with E-state index in [4.69, 9.17) is 4.74 Å². The summed E-state index contributed by atoms with van der Waals surface area (Å²) in [6.07, 6.45) is -0.0260. The number of benzene rings is 2. The average Bonchev–Trinajstić information content (AvgIpc) is 2.84. The Morgan fingerprint density at radius 2 is 1.50 bits per heavy atom. The minimum absolute atomic E-state index is 0.229. The Labute approximate surface area is 228 Å². The van der Waals surface area contributed by atoms with Crippen molar-refractivity contribution in [2.45, 2.75) is 99.0 Å². The Hall–Kier alpha value is -3.35.